The molecule has 1 fully saturated rings. The number of aromatic nitrogens is 1. The van der Waals surface area contributed by atoms with Crippen LogP contribution in [-0.4, -0.2) is 59.9 Å². The number of methoxy groups -OCH3 is 1. The molecule has 3 rings (SSSR count). The largest absolute Gasteiger partial charge is 0.497 e. The van der Waals surface area contributed by atoms with Crippen LogP contribution in [0.2, 0.25) is 0 Å². The number of rotatable bonds is 7. The lowest BCUT2D eigenvalue weighted by molar-refractivity contribution is -0.139. The Labute approximate surface area is 166 Å². The van der Waals surface area contributed by atoms with E-state index in [4.69, 9.17) is 4.74 Å². The highest BCUT2D eigenvalue weighted by Gasteiger charge is 2.23. The molecule has 0 atom stereocenters. The molecule has 0 bridgehead atoms. The summed E-state index contributed by atoms with van der Waals surface area (Å²) in [6.45, 7) is 2.46. The van der Waals surface area contributed by atoms with E-state index in [0.717, 1.165) is 23.3 Å². The number of carbonyl (C=O) groups excluding carboxylic acids is 2. The van der Waals surface area contributed by atoms with Crippen molar-refractivity contribution in [3.8, 4) is 5.75 Å². The highest BCUT2D eigenvalue weighted by molar-refractivity contribution is 5.78. The minimum absolute atomic E-state index is 0.153. The topological polar surface area (TPSA) is 62.7 Å². The first-order valence-electron chi connectivity index (χ1n) is 9.73. The quantitative estimate of drug-likeness (QED) is 0.738. The third-order valence-electron chi connectivity index (χ3n) is 5.15. The zero-order valence-corrected chi connectivity index (χ0v) is 16.3. The van der Waals surface area contributed by atoms with Crippen molar-refractivity contribution in [2.75, 3.05) is 33.3 Å². The van der Waals surface area contributed by atoms with Gasteiger partial charge >= 0.3 is 0 Å². The molecule has 0 radical (unpaired) electrons. The van der Waals surface area contributed by atoms with Crippen LogP contribution < -0.4 is 4.74 Å². The SMILES string of the molecule is COc1ccc(CCC(=O)N2CCN(C(=O)CCc3ccncc3)CC2)cc1. The van der Waals surface area contributed by atoms with Crippen LogP contribution in [0, 0.1) is 0 Å². The molecule has 28 heavy (non-hydrogen) atoms. The fourth-order valence-corrected chi connectivity index (χ4v) is 3.37. The van der Waals surface area contributed by atoms with Crippen molar-refractivity contribution in [3.63, 3.8) is 0 Å². The summed E-state index contributed by atoms with van der Waals surface area (Å²) in [5.74, 6) is 1.13. The smallest absolute Gasteiger partial charge is 0.223 e. The normalized spacial score (nSPS) is 14.0. The number of ether oxygens (including phenoxy) is 1. The molecule has 1 saturated heterocycles. The van der Waals surface area contributed by atoms with Gasteiger partial charge in [0.15, 0.2) is 0 Å². The molecule has 0 saturated carbocycles. The molecular weight excluding hydrogens is 354 g/mol. The Bertz CT molecular complexity index is 769. The van der Waals surface area contributed by atoms with E-state index < -0.39 is 0 Å². The van der Waals surface area contributed by atoms with Crippen molar-refractivity contribution < 1.29 is 14.3 Å². The Hall–Kier alpha value is -2.89. The van der Waals surface area contributed by atoms with Crippen molar-refractivity contribution in [3.05, 3.63) is 59.9 Å². The predicted octanol–water partition coefficient (Wildman–Crippen LogP) is 2.33. The fraction of sp³-hybridized carbons (Fsp3) is 0.409. The van der Waals surface area contributed by atoms with Gasteiger partial charge in [-0.25, -0.2) is 0 Å². The molecule has 148 valence electrons. The average Bonchev–Trinajstić information content (AvgIpc) is 2.77. The van der Waals surface area contributed by atoms with Crippen molar-refractivity contribution in [1.82, 2.24) is 14.8 Å². The second-order valence-electron chi connectivity index (χ2n) is 6.97. The Balaban J connectivity index is 1.38. The number of hydrogen-bond acceptors (Lipinski definition) is 4. The molecule has 0 spiro atoms. The number of pyridine rings is 1. The molecule has 1 aromatic heterocycles. The first-order valence-corrected chi connectivity index (χ1v) is 9.73. The number of hydrogen-bond donors (Lipinski definition) is 0. The highest BCUT2D eigenvalue weighted by Crippen LogP contribution is 2.14. The van der Waals surface area contributed by atoms with Crippen LogP contribution in [-0.2, 0) is 22.4 Å². The first kappa shape index (κ1) is 19.9. The number of amides is 2. The van der Waals surface area contributed by atoms with Crippen LogP contribution in [0.1, 0.15) is 24.0 Å². The minimum atomic E-state index is 0.153. The maximum Gasteiger partial charge on any atom is 0.223 e. The zero-order valence-electron chi connectivity index (χ0n) is 16.3. The predicted molar refractivity (Wildman–Crippen MR) is 107 cm³/mol. The van der Waals surface area contributed by atoms with Crippen LogP contribution in [0.15, 0.2) is 48.8 Å². The van der Waals surface area contributed by atoms with Gasteiger partial charge in [-0.3, -0.25) is 14.6 Å². The van der Waals surface area contributed by atoms with Gasteiger partial charge < -0.3 is 14.5 Å². The third kappa shape index (κ3) is 5.55. The number of aryl methyl sites for hydroxylation is 2. The van der Waals surface area contributed by atoms with Crippen molar-refractivity contribution >= 4 is 11.8 Å². The van der Waals surface area contributed by atoms with E-state index in [9.17, 15) is 9.59 Å². The summed E-state index contributed by atoms with van der Waals surface area (Å²) in [5, 5.41) is 0. The van der Waals surface area contributed by atoms with Gasteiger partial charge in [-0.05, 0) is 48.2 Å². The van der Waals surface area contributed by atoms with E-state index in [1.165, 1.54) is 0 Å². The van der Waals surface area contributed by atoms with Crippen molar-refractivity contribution in [1.29, 1.82) is 0 Å². The number of nitrogens with zero attached hydrogens (tertiary/aromatic N) is 3. The summed E-state index contributed by atoms with van der Waals surface area (Å²) in [5.41, 5.74) is 2.25. The second kappa shape index (κ2) is 9.88. The molecule has 0 aliphatic carbocycles. The van der Waals surface area contributed by atoms with E-state index in [1.54, 1.807) is 19.5 Å². The van der Waals surface area contributed by atoms with E-state index in [-0.39, 0.29) is 11.8 Å². The Morgan fingerprint density at radius 1 is 0.821 bits per heavy atom. The summed E-state index contributed by atoms with van der Waals surface area (Å²) in [7, 11) is 1.64. The molecule has 2 heterocycles. The molecular formula is C22H27N3O3. The van der Waals surface area contributed by atoms with Crippen LogP contribution in [0.3, 0.4) is 0 Å². The molecule has 2 aromatic rings. The maximum atomic E-state index is 12.5. The van der Waals surface area contributed by atoms with Gasteiger partial charge in [0.1, 0.15) is 5.75 Å². The van der Waals surface area contributed by atoms with Gasteiger partial charge in [0.2, 0.25) is 11.8 Å². The molecule has 0 unspecified atom stereocenters. The lowest BCUT2D eigenvalue weighted by Crippen LogP contribution is -2.50. The van der Waals surface area contributed by atoms with Crippen LogP contribution >= 0.6 is 0 Å². The Morgan fingerprint density at radius 2 is 1.29 bits per heavy atom. The van der Waals surface area contributed by atoms with Gasteiger partial charge in [0.25, 0.3) is 0 Å². The summed E-state index contributed by atoms with van der Waals surface area (Å²) in [6.07, 6.45) is 5.92. The van der Waals surface area contributed by atoms with Gasteiger partial charge in [-0.1, -0.05) is 12.1 Å². The molecule has 6 heteroatoms. The van der Waals surface area contributed by atoms with E-state index >= 15 is 0 Å². The molecule has 0 N–H and O–H groups in total. The zero-order chi connectivity index (χ0) is 19.8. The standard InChI is InChI=1S/C22H27N3O3/c1-28-20-6-2-18(3-7-20)4-8-21(26)24-14-16-25(17-15-24)22(27)9-5-19-10-12-23-13-11-19/h2-3,6-7,10-13H,4-5,8-9,14-17H2,1H3. The van der Waals surface area contributed by atoms with E-state index in [2.05, 4.69) is 4.98 Å². The molecule has 1 aliphatic rings. The fourth-order valence-electron chi connectivity index (χ4n) is 3.37. The van der Waals surface area contributed by atoms with E-state index in [0.29, 0.717) is 45.4 Å². The molecule has 1 aromatic carbocycles. The highest BCUT2D eigenvalue weighted by atomic mass is 16.5. The lowest BCUT2D eigenvalue weighted by Gasteiger charge is -2.35. The maximum absolute atomic E-state index is 12.5. The Morgan fingerprint density at radius 3 is 1.75 bits per heavy atom. The summed E-state index contributed by atoms with van der Waals surface area (Å²) < 4.78 is 5.15. The van der Waals surface area contributed by atoms with Gasteiger partial charge in [-0.15, -0.1) is 0 Å². The molecule has 1 aliphatic heterocycles. The van der Waals surface area contributed by atoms with E-state index in [1.807, 2.05) is 46.2 Å². The van der Waals surface area contributed by atoms with Gasteiger partial charge in [0.05, 0.1) is 7.11 Å². The van der Waals surface area contributed by atoms with Crippen molar-refractivity contribution in [2.45, 2.75) is 25.7 Å². The Kier molecular flexibility index (Phi) is 7.00. The summed E-state index contributed by atoms with van der Waals surface area (Å²) in [6, 6.07) is 11.7. The first-order chi connectivity index (χ1) is 13.7. The number of piperazine rings is 1. The summed E-state index contributed by atoms with van der Waals surface area (Å²) >= 11 is 0. The monoisotopic (exact) mass is 381 g/mol. The van der Waals surface area contributed by atoms with Crippen LogP contribution in [0.4, 0.5) is 0 Å². The molecule has 6 nitrogen and oxygen atoms in total. The average molecular weight is 381 g/mol. The lowest BCUT2D eigenvalue weighted by atomic mass is 10.1. The number of carbonyl (C=O) groups is 2. The second-order valence-corrected chi connectivity index (χ2v) is 6.97. The summed E-state index contributed by atoms with van der Waals surface area (Å²) in [4.78, 5) is 32.6. The molecule has 2 amide bonds. The van der Waals surface area contributed by atoms with Crippen LogP contribution in [0.25, 0.3) is 0 Å². The third-order valence-corrected chi connectivity index (χ3v) is 5.15. The van der Waals surface area contributed by atoms with Crippen molar-refractivity contribution in [2.24, 2.45) is 0 Å². The van der Waals surface area contributed by atoms with Gasteiger partial charge in [0, 0.05) is 51.4 Å². The minimum Gasteiger partial charge on any atom is -0.497 e. The van der Waals surface area contributed by atoms with Crippen LogP contribution in [0.5, 0.6) is 5.75 Å². The number of benzene rings is 1. The van der Waals surface area contributed by atoms with Gasteiger partial charge in [-0.2, -0.15) is 0 Å².